The van der Waals surface area contributed by atoms with Crippen LogP contribution in [0, 0.1) is 11.6 Å². The minimum Gasteiger partial charge on any atom is -0.481 e. The van der Waals surface area contributed by atoms with Gasteiger partial charge in [0.05, 0.1) is 0 Å². The highest BCUT2D eigenvalue weighted by molar-refractivity contribution is 6.30. The van der Waals surface area contributed by atoms with E-state index in [0.717, 1.165) is 17.7 Å². The van der Waals surface area contributed by atoms with Crippen molar-refractivity contribution < 1.29 is 18.3 Å². The summed E-state index contributed by atoms with van der Waals surface area (Å²) in [5.41, 5.74) is 0.890. The maximum Gasteiger partial charge on any atom is 0.260 e. The fourth-order valence-corrected chi connectivity index (χ4v) is 2.27. The summed E-state index contributed by atoms with van der Waals surface area (Å²) in [6, 6.07) is 10.1. The molecule has 0 saturated carbocycles. The quantitative estimate of drug-likeness (QED) is 0.794. The zero-order valence-corrected chi connectivity index (χ0v) is 13.3. The number of hydrogen-bond donors (Lipinski definition) is 0. The molecule has 0 heterocycles. The third-order valence-electron chi connectivity index (χ3n) is 3.24. The van der Waals surface area contributed by atoms with Crippen molar-refractivity contribution in [1.29, 1.82) is 0 Å². The number of rotatable bonds is 6. The number of carbonyl (C=O) groups excluding carboxylic acids is 1. The van der Waals surface area contributed by atoms with Gasteiger partial charge in [-0.1, -0.05) is 23.7 Å². The van der Waals surface area contributed by atoms with Gasteiger partial charge in [0.2, 0.25) is 0 Å². The Kier molecular flexibility index (Phi) is 5.93. The van der Waals surface area contributed by atoms with Crippen molar-refractivity contribution in [2.45, 2.75) is 13.5 Å². The van der Waals surface area contributed by atoms with Crippen molar-refractivity contribution in [1.82, 2.24) is 4.90 Å². The van der Waals surface area contributed by atoms with Crippen LogP contribution in [0.15, 0.2) is 42.5 Å². The minimum atomic E-state index is -0.837. The molecule has 0 aliphatic heterocycles. The van der Waals surface area contributed by atoms with Gasteiger partial charge in [0, 0.05) is 24.2 Å². The van der Waals surface area contributed by atoms with E-state index in [4.69, 9.17) is 16.3 Å². The summed E-state index contributed by atoms with van der Waals surface area (Å²) in [7, 11) is 0. The summed E-state index contributed by atoms with van der Waals surface area (Å²) in [4.78, 5) is 13.7. The largest absolute Gasteiger partial charge is 0.481 e. The Hall–Kier alpha value is -2.14. The molecule has 0 atom stereocenters. The second-order valence-electron chi connectivity index (χ2n) is 4.90. The van der Waals surface area contributed by atoms with Crippen LogP contribution >= 0.6 is 11.6 Å². The standard InChI is InChI=1S/C17H16ClF2NO2/c1-2-21(10-12-4-3-5-13(18)8-12)17(22)11-23-16-7-6-14(19)9-15(16)20/h3-9H,2,10-11H2,1H3. The molecule has 0 saturated heterocycles. The van der Waals surface area contributed by atoms with Gasteiger partial charge in [0.15, 0.2) is 18.2 Å². The molecule has 1 amide bonds. The highest BCUT2D eigenvalue weighted by Crippen LogP contribution is 2.18. The molecule has 0 fully saturated rings. The van der Waals surface area contributed by atoms with E-state index in [9.17, 15) is 13.6 Å². The molecule has 0 aliphatic rings. The molecule has 3 nitrogen and oxygen atoms in total. The van der Waals surface area contributed by atoms with Crippen LogP contribution in [0.25, 0.3) is 0 Å². The van der Waals surface area contributed by atoms with Crippen molar-refractivity contribution in [2.75, 3.05) is 13.2 Å². The lowest BCUT2D eigenvalue weighted by Crippen LogP contribution is -2.34. The third-order valence-corrected chi connectivity index (χ3v) is 3.48. The van der Waals surface area contributed by atoms with E-state index in [-0.39, 0.29) is 18.3 Å². The Morgan fingerprint density at radius 1 is 1.22 bits per heavy atom. The van der Waals surface area contributed by atoms with Crippen molar-refractivity contribution in [3.8, 4) is 5.75 Å². The van der Waals surface area contributed by atoms with Crippen LogP contribution in [0.1, 0.15) is 12.5 Å². The summed E-state index contributed by atoms with van der Waals surface area (Å²) in [6.45, 7) is 2.36. The monoisotopic (exact) mass is 339 g/mol. The van der Waals surface area contributed by atoms with Crippen LogP contribution in [0.4, 0.5) is 8.78 Å². The minimum absolute atomic E-state index is 0.154. The number of likely N-dealkylation sites (N-methyl/N-ethyl adjacent to an activating group) is 1. The van der Waals surface area contributed by atoms with E-state index in [1.165, 1.54) is 0 Å². The van der Waals surface area contributed by atoms with E-state index in [1.807, 2.05) is 13.0 Å². The first kappa shape index (κ1) is 17.2. The fraction of sp³-hybridized carbons (Fsp3) is 0.235. The summed E-state index contributed by atoms with van der Waals surface area (Å²) in [5.74, 6) is -1.98. The van der Waals surface area contributed by atoms with Gasteiger partial charge in [0.25, 0.3) is 5.91 Å². The molecule has 2 aromatic rings. The van der Waals surface area contributed by atoms with Gasteiger partial charge in [-0.25, -0.2) is 8.78 Å². The summed E-state index contributed by atoms with van der Waals surface area (Å²) >= 11 is 5.92. The fourth-order valence-electron chi connectivity index (χ4n) is 2.06. The first-order valence-corrected chi connectivity index (χ1v) is 7.47. The second kappa shape index (κ2) is 7.92. The summed E-state index contributed by atoms with van der Waals surface area (Å²) in [5, 5.41) is 0.593. The van der Waals surface area contributed by atoms with Gasteiger partial charge in [-0.05, 0) is 36.8 Å². The topological polar surface area (TPSA) is 29.5 Å². The number of ether oxygens (including phenoxy) is 1. The van der Waals surface area contributed by atoms with Crippen LogP contribution < -0.4 is 4.74 Å². The highest BCUT2D eigenvalue weighted by Gasteiger charge is 2.14. The smallest absolute Gasteiger partial charge is 0.260 e. The molecule has 0 bridgehead atoms. The molecule has 122 valence electrons. The molecule has 0 aliphatic carbocycles. The molecule has 2 rings (SSSR count). The first-order valence-electron chi connectivity index (χ1n) is 7.09. The molecule has 0 aromatic heterocycles. The van der Waals surface area contributed by atoms with E-state index in [1.54, 1.807) is 23.1 Å². The Balaban J connectivity index is 1.97. The molecular formula is C17H16ClF2NO2. The Bertz CT molecular complexity index is 694. The number of nitrogens with zero attached hydrogens (tertiary/aromatic N) is 1. The van der Waals surface area contributed by atoms with Gasteiger partial charge >= 0.3 is 0 Å². The maximum atomic E-state index is 13.5. The van der Waals surface area contributed by atoms with E-state index < -0.39 is 11.6 Å². The van der Waals surface area contributed by atoms with Crippen LogP contribution in [0.2, 0.25) is 5.02 Å². The van der Waals surface area contributed by atoms with Gasteiger partial charge in [-0.15, -0.1) is 0 Å². The number of carbonyl (C=O) groups is 1. The first-order chi connectivity index (χ1) is 11.0. The predicted octanol–water partition coefficient (Wildman–Crippen LogP) is 4.05. The van der Waals surface area contributed by atoms with E-state index in [2.05, 4.69) is 0 Å². The van der Waals surface area contributed by atoms with Crippen molar-refractivity contribution >= 4 is 17.5 Å². The highest BCUT2D eigenvalue weighted by atomic mass is 35.5. The Morgan fingerprint density at radius 3 is 2.65 bits per heavy atom. The molecule has 0 N–H and O–H groups in total. The summed E-state index contributed by atoms with van der Waals surface area (Å²) < 4.78 is 31.4. The zero-order valence-electron chi connectivity index (χ0n) is 12.6. The van der Waals surface area contributed by atoms with Crippen molar-refractivity contribution in [2.24, 2.45) is 0 Å². The van der Waals surface area contributed by atoms with Crippen LogP contribution in [-0.2, 0) is 11.3 Å². The van der Waals surface area contributed by atoms with Crippen molar-refractivity contribution in [3.05, 3.63) is 64.7 Å². The molecule has 2 aromatic carbocycles. The normalized spacial score (nSPS) is 10.4. The molecule has 0 spiro atoms. The van der Waals surface area contributed by atoms with Gasteiger partial charge < -0.3 is 9.64 Å². The average Bonchev–Trinajstić information content (AvgIpc) is 2.51. The average molecular weight is 340 g/mol. The van der Waals surface area contributed by atoms with Gasteiger partial charge in [0.1, 0.15) is 5.82 Å². The van der Waals surface area contributed by atoms with Crippen molar-refractivity contribution in [3.63, 3.8) is 0 Å². The van der Waals surface area contributed by atoms with Crippen LogP contribution in [0.3, 0.4) is 0 Å². The van der Waals surface area contributed by atoms with Gasteiger partial charge in [-0.3, -0.25) is 4.79 Å². The molecule has 0 radical (unpaired) electrons. The lowest BCUT2D eigenvalue weighted by molar-refractivity contribution is -0.133. The predicted molar refractivity (Wildman–Crippen MR) is 84.4 cm³/mol. The number of benzene rings is 2. The van der Waals surface area contributed by atoms with Crippen LogP contribution in [0.5, 0.6) is 5.75 Å². The SMILES string of the molecule is CCN(Cc1cccc(Cl)c1)C(=O)COc1ccc(F)cc1F. The van der Waals surface area contributed by atoms with Crippen LogP contribution in [-0.4, -0.2) is 24.0 Å². The van der Waals surface area contributed by atoms with Gasteiger partial charge in [-0.2, -0.15) is 0 Å². The zero-order chi connectivity index (χ0) is 16.8. The number of halogens is 3. The lowest BCUT2D eigenvalue weighted by atomic mass is 10.2. The van der Waals surface area contributed by atoms with E-state index >= 15 is 0 Å². The molecule has 6 heteroatoms. The molecule has 0 unspecified atom stereocenters. The Morgan fingerprint density at radius 2 is 2.00 bits per heavy atom. The summed E-state index contributed by atoms with van der Waals surface area (Å²) in [6.07, 6.45) is 0. The molecular weight excluding hydrogens is 324 g/mol. The van der Waals surface area contributed by atoms with E-state index in [0.29, 0.717) is 24.2 Å². The second-order valence-corrected chi connectivity index (χ2v) is 5.34. The number of amides is 1. The number of hydrogen-bond acceptors (Lipinski definition) is 2. The maximum absolute atomic E-state index is 13.5. The Labute approximate surface area is 138 Å². The molecule has 23 heavy (non-hydrogen) atoms. The third kappa shape index (κ3) is 4.93. The lowest BCUT2D eigenvalue weighted by Gasteiger charge is -2.21.